The standard InChI is InChI=1S/C18H25N3O3/c1-18(2,3)24-17(23)20-10-8-13(9-11-20)21-15-7-5-4-6-14(15)19-16(21)12-22/h4-7,13,22H,8-12H2,1-3H3. The SMILES string of the molecule is CC(C)(C)OC(=O)N1CCC(n2c(CO)nc3ccccc32)CC1. The third kappa shape index (κ3) is 3.38. The number of para-hydroxylation sites is 2. The first-order chi connectivity index (χ1) is 11.4. The first-order valence-corrected chi connectivity index (χ1v) is 8.43. The van der Waals surface area contributed by atoms with Gasteiger partial charge in [0.05, 0.1) is 11.0 Å². The minimum atomic E-state index is -0.474. The van der Waals surface area contributed by atoms with Crippen LogP contribution in [0.5, 0.6) is 0 Å². The molecule has 0 aliphatic carbocycles. The summed E-state index contributed by atoms with van der Waals surface area (Å²) in [6.45, 7) is 6.85. The molecule has 0 atom stereocenters. The molecule has 1 aliphatic heterocycles. The van der Waals surface area contributed by atoms with Crippen molar-refractivity contribution < 1.29 is 14.6 Å². The molecule has 2 aromatic rings. The number of ether oxygens (including phenoxy) is 1. The number of amides is 1. The number of fused-ring (bicyclic) bond motifs is 1. The number of carbonyl (C=O) groups excluding carboxylic acids is 1. The number of aliphatic hydroxyl groups is 1. The molecule has 0 bridgehead atoms. The monoisotopic (exact) mass is 331 g/mol. The van der Waals surface area contributed by atoms with Crippen LogP contribution in [-0.2, 0) is 11.3 Å². The molecule has 1 amide bonds. The van der Waals surface area contributed by atoms with Gasteiger partial charge in [-0.1, -0.05) is 12.1 Å². The van der Waals surface area contributed by atoms with E-state index in [0.717, 1.165) is 23.9 Å². The van der Waals surface area contributed by atoms with Gasteiger partial charge in [0, 0.05) is 19.1 Å². The van der Waals surface area contributed by atoms with Gasteiger partial charge in [-0.3, -0.25) is 0 Å². The maximum Gasteiger partial charge on any atom is 0.410 e. The highest BCUT2D eigenvalue weighted by molar-refractivity contribution is 5.76. The van der Waals surface area contributed by atoms with Crippen molar-refractivity contribution in [1.29, 1.82) is 0 Å². The van der Waals surface area contributed by atoms with Crippen LogP contribution in [0.1, 0.15) is 45.5 Å². The summed E-state index contributed by atoms with van der Waals surface area (Å²) >= 11 is 0. The van der Waals surface area contributed by atoms with Gasteiger partial charge in [0.2, 0.25) is 0 Å². The fourth-order valence-corrected chi connectivity index (χ4v) is 3.25. The number of carbonyl (C=O) groups is 1. The van der Waals surface area contributed by atoms with E-state index in [1.165, 1.54) is 0 Å². The molecule has 1 aromatic carbocycles. The summed E-state index contributed by atoms with van der Waals surface area (Å²) in [5, 5.41) is 9.65. The van der Waals surface area contributed by atoms with Crippen molar-refractivity contribution in [3.63, 3.8) is 0 Å². The van der Waals surface area contributed by atoms with E-state index in [0.29, 0.717) is 18.9 Å². The first kappa shape index (κ1) is 16.8. The van der Waals surface area contributed by atoms with Crippen LogP contribution >= 0.6 is 0 Å². The number of imidazole rings is 1. The largest absolute Gasteiger partial charge is 0.444 e. The fraction of sp³-hybridized carbons (Fsp3) is 0.556. The third-order valence-electron chi connectivity index (χ3n) is 4.29. The lowest BCUT2D eigenvalue weighted by atomic mass is 10.0. The van der Waals surface area contributed by atoms with Crippen molar-refractivity contribution in [3.8, 4) is 0 Å². The second-order valence-corrected chi connectivity index (χ2v) is 7.24. The minimum absolute atomic E-state index is 0.0824. The molecule has 130 valence electrons. The summed E-state index contributed by atoms with van der Waals surface area (Å²) in [5.74, 6) is 0.687. The molecule has 3 rings (SSSR count). The van der Waals surface area contributed by atoms with Gasteiger partial charge >= 0.3 is 6.09 Å². The number of hydrogen-bond acceptors (Lipinski definition) is 4. The van der Waals surface area contributed by atoms with Crippen LogP contribution in [0.4, 0.5) is 4.79 Å². The number of nitrogens with zero attached hydrogens (tertiary/aromatic N) is 3. The Morgan fingerprint density at radius 2 is 1.96 bits per heavy atom. The van der Waals surface area contributed by atoms with Crippen molar-refractivity contribution in [2.75, 3.05) is 13.1 Å². The van der Waals surface area contributed by atoms with Crippen LogP contribution in [0.25, 0.3) is 11.0 Å². The lowest BCUT2D eigenvalue weighted by Crippen LogP contribution is -2.42. The van der Waals surface area contributed by atoms with Crippen LogP contribution < -0.4 is 0 Å². The Balaban J connectivity index is 1.74. The average Bonchev–Trinajstić information content (AvgIpc) is 2.92. The number of benzene rings is 1. The number of aliphatic hydroxyl groups excluding tert-OH is 1. The normalized spacial score (nSPS) is 16.6. The van der Waals surface area contributed by atoms with Crippen molar-refractivity contribution in [2.45, 2.75) is 51.9 Å². The first-order valence-electron chi connectivity index (χ1n) is 8.43. The minimum Gasteiger partial charge on any atom is -0.444 e. The maximum absolute atomic E-state index is 12.2. The van der Waals surface area contributed by atoms with E-state index in [1.54, 1.807) is 4.90 Å². The van der Waals surface area contributed by atoms with E-state index in [4.69, 9.17) is 4.74 Å². The zero-order chi connectivity index (χ0) is 17.3. The number of hydrogen-bond donors (Lipinski definition) is 1. The van der Waals surface area contributed by atoms with Crippen molar-refractivity contribution in [1.82, 2.24) is 14.5 Å². The summed E-state index contributed by atoms with van der Waals surface area (Å²) < 4.78 is 7.57. The molecule has 1 aromatic heterocycles. The second-order valence-electron chi connectivity index (χ2n) is 7.24. The lowest BCUT2D eigenvalue weighted by molar-refractivity contribution is 0.0188. The van der Waals surface area contributed by atoms with Crippen molar-refractivity contribution in [3.05, 3.63) is 30.1 Å². The van der Waals surface area contributed by atoms with Gasteiger partial charge in [0.1, 0.15) is 18.0 Å². The highest BCUT2D eigenvalue weighted by atomic mass is 16.6. The molecule has 0 saturated carbocycles. The third-order valence-corrected chi connectivity index (χ3v) is 4.29. The van der Waals surface area contributed by atoms with E-state index in [9.17, 15) is 9.90 Å². The highest BCUT2D eigenvalue weighted by Crippen LogP contribution is 2.29. The number of likely N-dealkylation sites (tertiary alicyclic amines) is 1. The molecule has 1 saturated heterocycles. The average molecular weight is 331 g/mol. The van der Waals surface area contributed by atoms with E-state index >= 15 is 0 Å². The molecular formula is C18H25N3O3. The predicted octanol–water partition coefficient (Wildman–Crippen LogP) is 3.10. The molecule has 1 N–H and O–H groups in total. The Morgan fingerprint density at radius 3 is 2.58 bits per heavy atom. The molecule has 1 aliphatic rings. The summed E-state index contributed by atoms with van der Waals surface area (Å²) in [6, 6.07) is 8.16. The lowest BCUT2D eigenvalue weighted by Gasteiger charge is -2.34. The molecule has 0 radical (unpaired) electrons. The molecular weight excluding hydrogens is 306 g/mol. The van der Waals surface area contributed by atoms with Gasteiger partial charge in [-0.05, 0) is 45.7 Å². The summed E-state index contributed by atoms with van der Waals surface area (Å²) in [5.41, 5.74) is 1.46. The fourth-order valence-electron chi connectivity index (χ4n) is 3.25. The topological polar surface area (TPSA) is 67.6 Å². The van der Waals surface area contributed by atoms with Crippen LogP contribution in [-0.4, -0.2) is 44.3 Å². The van der Waals surface area contributed by atoms with Gasteiger partial charge in [-0.15, -0.1) is 0 Å². The van der Waals surface area contributed by atoms with Crippen molar-refractivity contribution in [2.24, 2.45) is 0 Å². The van der Waals surface area contributed by atoms with E-state index < -0.39 is 5.60 Å². The van der Waals surface area contributed by atoms with Crippen molar-refractivity contribution >= 4 is 17.1 Å². The second kappa shape index (κ2) is 6.43. The molecule has 0 unspecified atom stereocenters. The molecule has 24 heavy (non-hydrogen) atoms. The summed E-state index contributed by atoms with van der Waals surface area (Å²) in [7, 11) is 0. The molecule has 6 nitrogen and oxygen atoms in total. The van der Waals surface area contributed by atoms with Gasteiger partial charge in [-0.2, -0.15) is 0 Å². The Hall–Kier alpha value is -2.08. The Bertz CT molecular complexity index is 725. The summed E-state index contributed by atoms with van der Waals surface area (Å²) in [4.78, 5) is 18.5. The number of piperidine rings is 1. The van der Waals surface area contributed by atoms with E-state index in [-0.39, 0.29) is 18.7 Å². The van der Waals surface area contributed by atoms with Crippen LogP contribution in [0, 0.1) is 0 Å². The van der Waals surface area contributed by atoms with E-state index in [2.05, 4.69) is 9.55 Å². The molecule has 1 fully saturated rings. The molecule has 2 heterocycles. The highest BCUT2D eigenvalue weighted by Gasteiger charge is 2.29. The zero-order valence-electron chi connectivity index (χ0n) is 14.5. The van der Waals surface area contributed by atoms with Gasteiger partial charge in [0.15, 0.2) is 0 Å². The quantitative estimate of drug-likeness (QED) is 0.918. The summed E-state index contributed by atoms with van der Waals surface area (Å²) in [6.07, 6.45) is 1.40. The van der Waals surface area contributed by atoms with Crippen LogP contribution in [0.3, 0.4) is 0 Å². The Kier molecular flexibility index (Phi) is 4.49. The van der Waals surface area contributed by atoms with Crippen LogP contribution in [0.2, 0.25) is 0 Å². The maximum atomic E-state index is 12.2. The number of aromatic nitrogens is 2. The Morgan fingerprint density at radius 1 is 1.29 bits per heavy atom. The number of rotatable bonds is 2. The van der Waals surface area contributed by atoms with Crippen LogP contribution in [0.15, 0.2) is 24.3 Å². The van der Waals surface area contributed by atoms with Gasteiger partial charge < -0.3 is 19.3 Å². The predicted molar refractivity (Wildman–Crippen MR) is 91.7 cm³/mol. The molecule has 0 spiro atoms. The zero-order valence-corrected chi connectivity index (χ0v) is 14.5. The molecule has 6 heteroatoms. The Labute approximate surface area is 142 Å². The van der Waals surface area contributed by atoms with Gasteiger partial charge in [0.25, 0.3) is 0 Å². The van der Waals surface area contributed by atoms with E-state index in [1.807, 2.05) is 45.0 Å². The smallest absolute Gasteiger partial charge is 0.410 e. The van der Waals surface area contributed by atoms with Gasteiger partial charge in [-0.25, -0.2) is 9.78 Å².